The Labute approximate surface area is 419 Å². The van der Waals surface area contributed by atoms with Crippen molar-refractivity contribution in [1.29, 1.82) is 0 Å². The molecule has 0 aliphatic rings. The van der Waals surface area contributed by atoms with Crippen LogP contribution in [0, 0.1) is 25.5 Å². The minimum Gasteiger partial charge on any atom is -0.488 e. The zero-order valence-electron chi connectivity index (χ0n) is 38.0. The molecule has 0 bridgehead atoms. The number of ether oxygens (including phenoxy) is 2. The molecule has 7 aromatic carbocycles. The maximum Gasteiger partial charge on any atom is 0.335 e. The molecule has 0 unspecified atom stereocenters. The van der Waals surface area contributed by atoms with Gasteiger partial charge in [0.2, 0.25) is 0 Å². The number of aromatic nitrogens is 2. The Bertz CT molecular complexity index is 3490. The summed E-state index contributed by atoms with van der Waals surface area (Å²) in [7, 11) is -4.03. The number of hydrogen-bond acceptors (Lipinski definition) is 6. The maximum absolute atomic E-state index is 13.3. The summed E-state index contributed by atoms with van der Waals surface area (Å²) >= 11 is 12.7. The van der Waals surface area contributed by atoms with Crippen LogP contribution >= 0.6 is 23.2 Å². The van der Waals surface area contributed by atoms with Crippen LogP contribution in [0.5, 0.6) is 11.5 Å². The quantitative estimate of drug-likeness (QED) is 0.111. The summed E-state index contributed by atoms with van der Waals surface area (Å²) in [5, 5.41) is 10.4. The lowest BCUT2D eigenvalue weighted by Crippen LogP contribution is -2.30. The summed E-state index contributed by atoms with van der Waals surface area (Å²) < 4.78 is 70.0. The Hall–Kier alpha value is -7.97. The fourth-order valence-electron chi connectivity index (χ4n) is 7.73. The van der Waals surface area contributed by atoms with Crippen LogP contribution in [0.25, 0.3) is 33.9 Å². The topological polar surface area (TPSA) is 129 Å². The molecule has 358 valence electrons. The number of halogens is 4. The number of carboxylic acid groups (broad SMARTS) is 1. The first-order valence-electron chi connectivity index (χ1n) is 21.9. The Kier molecular flexibility index (Phi) is 15.2. The van der Waals surface area contributed by atoms with Gasteiger partial charge in [-0.15, -0.1) is 0 Å². The fourth-order valence-corrected chi connectivity index (χ4v) is 9.07. The number of benzene rings is 7. The molecule has 0 fully saturated rings. The molecule has 0 atom stereocenters. The molecule has 71 heavy (non-hydrogen) atoms. The SMILES string of the molecule is Cc1ccc(-c2cc(Cl)ccc2OCc2ccc(F)cc2)n1-c1cccc(C(=O)NS(=O)(=O)c2ccccc2)c1.Cc1ccc(-c2cc(Cl)ccc2OCc2ccc(F)cc2)n1-c1cccc(C(=O)O)c1. The lowest BCUT2D eigenvalue weighted by molar-refractivity contribution is 0.0696. The number of aromatic carboxylic acids is 1. The second-order valence-electron chi connectivity index (χ2n) is 16.2. The number of rotatable bonds is 14. The van der Waals surface area contributed by atoms with Crippen molar-refractivity contribution in [3.05, 3.63) is 243 Å². The van der Waals surface area contributed by atoms with E-state index in [2.05, 4.69) is 4.72 Å². The molecule has 0 aliphatic carbocycles. The van der Waals surface area contributed by atoms with E-state index < -0.39 is 21.9 Å². The van der Waals surface area contributed by atoms with Gasteiger partial charge in [-0.2, -0.15) is 0 Å². The number of sulfonamides is 1. The van der Waals surface area contributed by atoms with Crippen molar-refractivity contribution in [3.63, 3.8) is 0 Å². The predicted octanol–water partition coefficient (Wildman–Crippen LogP) is 13.5. The third kappa shape index (κ3) is 11.9. The number of amides is 1. The van der Waals surface area contributed by atoms with Gasteiger partial charge in [0.15, 0.2) is 0 Å². The van der Waals surface area contributed by atoms with Crippen LogP contribution < -0.4 is 14.2 Å². The number of carboxylic acids is 1. The van der Waals surface area contributed by atoms with E-state index in [0.29, 0.717) is 32.8 Å². The standard InChI is InChI=1S/C31H24ClFN2O4S.C25H19ClFNO3/c1-21-10-16-29(28-19-24(32)13-17-30(28)39-20-22-11-14-25(33)15-12-22)35(21)26-7-5-6-23(18-26)31(36)34-40(37,38)27-8-3-2-4-9-27;1-16-5-11-23(28(16)21-4-2-3-18(13-21)25(29)30)22-14-19(26)8-12-24(22)31-15-17-6-9-20(27)10-7-17/h2-19H,20H2,1H3,(H,34,36);2-14H,15H2,1H3,(H,29,30). The van der Waals surface area contributed by atoms with E-state index in [4.69, 9.17) is 32.7 Å². The minimum absolute atomic E-state index is 0.00262. The summed E-state index contributed by atoms with van der Waals surface area (Å²) in [4.78, 5) is 24.4. The molecular formula is C56H43Cl2F2N3O7S. The smallest absolute Gasteiger partial charge is 0.335 e. The Morgan fingerprint density at radius 3 is 1.46 bits per heavy atom. The van der Waals surface area contributed by atoms with Crippen LogP contribution in [-0.4, -0.2) is 34.5 Å². The van der Waals surface area contributed by atoms with E-state index >= 15 is 0 Å². The lowest BCUT2D eigenvalue weighted by Gasteiger charge is -2.17. The summed E-state index contributed by atoms with van der Waals surface area (Å²) in [6.45, 7) is 4.35. The largest absolute Gasteiger partial charge is 0.488 e. The third-order valence-corrected chi connectivity index (χ3v) is 13.0. The van der Waals surface area contributed by atoms with Crippen molar-refractivity contribution >= 4 is 45.1 Å². The summed E-state index contributed by atoms with van der Waals surface area (Å²) in [6, 6.07) is 51.7. The number of nitrogens with one attached hydrogen (secondary N) is 1. The second kappa shape index (κ2) is 21.8. The molecular weight excluding hydrogens is 968 g/mol. The molecule has 0 saturated heterocycles. The van der Waals surface area contributed by atoms with Crippen LogP contribution in [0.3, 0.4) is 0 Å². The number of aryl methyl sites for hydroxylation is 2. The Morgan fingerprint density at radius 1 is 0.549 bits per heavy atom. The van der Waals surface area contributed by atoms with E-state index in [1.807, 2.05) is 65.4 Å². The summed E-state index contributed by atoms with van der Waals surface area (Å²) in [6.07, 6.45) is 0. The highest BCUT2D eigenvalue weighted by Crippen LogP contribution is 2.38. The van der Waals surface area contributed by atoms with Gasteiger partial charge in [-0.1, -0.05) is 77.8 Å². The summed E-state index contributed by atoms with van der Waals surface area (Å²) in [5.74, 6) is -1.17. The van der Waals surface area contributed by atoms with Gasteiger partial charge in [-0.3, -0.25) is 4.79 Å². The highest BCUT2D eigenvalue weighted by atomic mass is 35.5. The van der Waals surface area contributed by atoms with Crippen LogP contribution in [-0.2, 0) is 23.2 Å². The molecule has 0 spiro atoms. The average molecular weight is 1010 g/mol. The van der Waals surface area contributed by atoms with Gasteiger partial charge in [0.1, 0.15) is 36.3 Å². The molecule has 2 N–H and O–H groups in total. The highest BCUT2D eigenvalue weighted by Gasteiger charge is 2.21. The van der Waals surface area contributed by atoms with Crippen molar-refractivity contribution < 1.29 is 41.4 Å². The zero-order valence-corrected chi connectivity index (χ0v) is 40.4. The van der Waals surface area contributed by atoms with E-state index in [1.165, 1.54) is 36.4 Å². The van der Waals surface area contributed by atoms with Crippen LogP contribution in [0.1, 0.15) is 43.2 Å². The first-order valence-corrected chi connectivity index (χ1v) is 24.1. The van der Waals surface area contributed by atoms with Crippen molar-refractivity contribution in [2.45, 2.75) is 32.0 Å². The van der Waals surface area contributed by atoms with Crippen LogP contribution in [0.4, 0.5) is 8.78 Å². The normalized spacial score (nSPS) is 11.1. The molecule has 2 heterocycles. The van der Waals surface area contributed by atoms with E-state index in [1.54, 1.807) is 109 Å². The molecule has 9 aromatic rings. The monoisotopic (exact) mass is 1010 g/mol. The van der Waals surface area contributed by atoms with E-state index in [0.717, 1.165) is 45.2 Å². The first-order chi connectivity index (χ1) is 34.1. The van der Waals surface area contributed by atoms with Crippen LogP contribution in [0.2, 0.25) is 10.0 Å². The van der Waals surface area contributed by atoms with Gasteiger partial charge < -0.3 is 23.7 Å². The second-order valence-corrected chi connectivity index (χ2v) is 18.7. The molecule has 0 saturated carbocycles. The van der Waals surface area contributed by atoms with Crippen molar-refractivity contribution in [2.75, 3.05) is 0 Å². The van der Waals surface area contributed by atoms with Crippen molar-refractivity contribution in [3.8, 4) is 45.4 Å². The third-order valence-electron chi connectivity index (χ3n) is 11.2. The zero-order chi connectivity index (χ0) is 50.2. The minimum atomic E-state index is -4.03. The van der Waals surface area contributed by atoms with E-state index in [9.17, 15) is 31.9 Å². The van der Waals surface area contributed by atoms with Gasteiger partial charge in [-0.05, 0) is 158 Å². The van der Waals surface area contributed by atoms with Gasteiger partial charge in [0, 0.05) is 49.5 Å². The molecule has 9 rings (SSSR count). The van der Waals surface area contributed by atoms with Gasteiger partial charge >= 0.3 is 5.97 Å². The van der Waals surface area contributed by atoms with Gasteiger partial charge in [0.25, 0.3) is 15.9 Å². The number of carbonyl (C=O) groups is 2. The Balaban J connectivity index is 0.000000197. The summed E-state index contributed by atoms with van der Waals surface area (Å²) in [5.41, 5.74) is 8.24. The van der Waals surface area contributed by atoms with Crippen LogP contribution in [0.15, 0.2) is 193 Å². The molecule has 2 aromatic heterocycles. The van der Waals surface area contributed by atoms with Gasteiger partial charge in [0.05, 0.1) is 21.8 Å². The molecule has 10 nitrogen and oxygen atoms in total. The average Bonchev–Trinajstić information content (AvgIpc) is 3.96. The Morgan fingerprint density at radius 2 is 1.00 bits per heavy atom. The van der Waals surface area contributed by atoms with Crippen molar-refractivity contribution in [2.24, 2.45) is 0 Å². The molecule has 15 heteroatoms. The molecule has 0 radical (unpaired) electrons. The highest BCUT2D eigenvalue weighted by molar-refractivity contribution is 7.90. The van der Waals surface area contributed by atoms with Crippen molar-refractivity contribution in [1.82, 2.24) is 13.9 Å². The fraction of sp³-hybridized carbons (Fsp3) is 0.0714. The lowest BCUT2D eigenvalue weighted by atomic mass is 10.1. The molecule has 1 amide bonds. The number of hydrogen-bond donors (Lipinski definition) is 2. The van der Waals surface area contributed by atoms with Gasteiger partial charge in [-0.25, -0.2) is 26.7 Å². The number of carbonyl (C=O) groups excluding carboxylic acids is 1. The number of nitrogens with zero attached hydrogens (tertiary/aromatic N) is 2. The first kappa shape index (κ1) is 49.5. The predicted molar refractivity (Wildman–Crippen MR) is 271 cm³/mol. The molecule has 0 aliphatic heterocycles. The maximum atomic E-state index is 13.3. The van der Waals surface area contributed by atoms with E-state index in [-0.39, 0.29) is 40.9 Å².